The summed E-state index contributed by atoms with van der Waals surface area (Å²) in [4.78, 5) is 0. The minimum Gasteiger partial charge on any atom is -0.492 e. The first-order valence-corrected chi connectivity index (χ1v) is 20.1. The van der Waals surface area contributed by atoms with Gasteiger partial charge >= 0.3 is 0 Å². The van der Waals surface area contributed by atoms with Gasteiger partial charge in [-0.2, -0.15) is 0 Å². The van der Waals surface area contributed by atoms with Crippen molar-refractivity contribution in [2.24, 2.45) is 11.8 Å². The molecule has 46 heavy (non-hydrogen) atoms. The molecule has 2 saturated carbocycles. The van der Waals surface area contributed by atoms with Crippen LogP contribution in [0.5, 0.6) is 11.5 Å². The number of benzene rings is 3. The summed E-state index contributed by atoms with van der Waals surface area (Å²) < 4.78 is 13.3. The van der Waals surface area contributed by atoms with Crippen LogP contribution >= 0.6 is 0 Å². The van der Waals surface area contributed by atoms with E-state index in [1.54, 1.807) is 0 Å². The molecule has 3 aromatic carbocycles. The highest BCUT2D eigenvalue weighted by atomic mass is 16.5. The molecule has 2 heteroatoms. The molecule has 0 saturated heterocycles. The Balaban J connectivity index is 1.08. The number of hydrogen-bond acceptors (Lipinski definition) is 2. The predicted octanol–water partition coefficient (Wildman–Crippen LogP) is 13.9. The number of aryl methyl sites for hydroxylation is 1. The van der Waals surface area contributed by atoms with E-state index >= 15 is 0 Å². The van der Waals surface area contributed by atoms with Gasteiger partial charge in [0.15, 0.2) is 0 Å². The molecule has 0 amide bonds. The van der Waals surface area contributed by atoms with Crippen molar-refractivity contribution in [2.75, 3.05) is 13.2 Å². The first-order valence-electron chi connectivity index (χ1n) is 20.1. The first kappa shape index (κ1) is 35.1. The molecular weight excluding hydrogens is 560 g/mol. The van der Waals surface area contributed by atoms with Crippen molar-refractivity contribution in [2.45, 2.75) is 167 Å². The fourth-order valence-corrected chi connectivity index (χ4v) is 8.46. The van der Waals surface area contributed by atoms with Crippen LogP contribution in [0.1, 0.15) is 167 Å². The Labute approximate surface area is 282 Å². The summed E-state index contributed by atoms with van der Waals surface area (Å²) in [5.41, 5.74) is 1.36. The monoisotopic (exact) mass is 627 g/mol. The van der Waals surface area contributed by atoms with Crippen LogP contribution in [-0.2, 0) is 6.42 Å². The number of rotatable bonds is 21. The van der Waals surface area contributed by atoms with Crippen molar-refractivity contribution < 1.29 is 9.47 Å². The highest BCUT2D eigenvalue weighted by molar-refractivity contribution is 6.11. The van der Waals surface area contributed by atoms with E-state index in [4.69, 9.17) is 9.47 Å². The number of unbranched alkanes of at least 4 members (excludes halogenated alkanes) is 10. The van der Waals surface area contributed by atoms with E-state index in [1.807, 2.05) is 0 Å². The molecule has 0 heterocycles. The summed E-state index contributed by atoms with van der Waals surface area (Å²) in [7, 11) is 0. The third kappa shape index (κ3) is 10.9. The molecule has 0 aromatic heterocycles. The average molecular weight is 627 g/mol. The van der Waals surface area contributed by atoms with Crippen LogP contribution in [0.15, 0.2) is 42.5 Å². The van der Waals surface area contributed by atoms with E-state index in [9.17, 15) is 0 Å². The van der Waals surface area contributed by atoms with E-state index in [0.29, 0.717) is 0 Å². The molecule has 0 N–H and O–H groups in total. The lowest BCUT2D eigenvalue weighted by molar-refractivity contribution is 0.304. The van der Waals surface area contributed by atoms with Gasteiger partial charge in [0.2, 0.25) is 0 Å². The van der Waals surface area contributed by atoms with Gasteiger partial charge in [0, 0.05) is 21.5 Å². The van der Waals surface area contributed by atoms with Crippen molar-refractivity contribution >= 4 is 21.5 Å². The minimum absolute atomic E-state index is 0.789. The van der Waals surface area contributed by atoms with E-state index in [2.05, 4.69) is 49.4 Å². The maximum Gasteiger partial charge on any atom is 0.135 e. The Hall–Kier alpha value is -2.22. The topological polar surface area (TPSA) is 18.5 Å². The van der Waals surface area contributed by atoms with Gasteiger partial charge in [0.1, 0.15) is 11.5 Å². The summed E-state index contributed by atoms with van der Waals surface area (Å²) in [6.45, 7) is 3.82. The van der Waals surface area contributed by atoms with Crippen LogP contribution in [0.4, 0.5) is 0 Å². The molecule has 5 rings (SSSR count). The zero-order valence-electron chi connectivity index (χ0n) is 29.6. The fraction of sp³-hybridized carbons (Fsp3) is 0.682. The second-order valence-electron chi connectivity index (χ2n) is 15.0. The molecule has 254 valence electrons. The van der Waals surface area contributed by atoms with Crippen LogP contribution in [0.25, 0.3) is 21.5 Å². The van der Waals surface area contributed by atoms with Crippen molar-refractivity contribution in [3.63, 3.8) is 0 Å². The lowest BCUT2D eigenvalue weighted by atomic mass is 9.85. The molecule has 0 radical (unpaired) electrons. The Bertz CT molecular complexity index is 1270. The Morgan fingerprint density at radius 1 is 0.478 bits per heavy atom. The summed E-state index contributed by atoms with van der Waals surface area (Å²) >= 11 is 0. The third-order valence-corrected chi connectivity index (χ3v) is 11.4. The Morgan fingerprint density at radius 3 is 1.41 bits per heavy atom. The largest absolute Gasteiger partial charge is 0.492 e. The SMILES string of the molecule is CCc1ccc2c(OCCCCCCCCC3CCCCC3)c3ccccc3c(OCCCCCCCCC3CCCCC3)c2c1. The molecule has 3 aromatic rings. The fourth-order valence-electron chi connectivity index (χ4n) is 8.46. The maximum atomic E-state index is 6.67. The second kappa shape index (κ2) is 20.2. The van der Waals surface area contributed by atoms with Crippen molar-refractivity contribution in [3.05, 3.63) is 48.0 Å². The quantitative estimate of drug-likeness (QED) is 0.0865. The normalized spacial score (nSPS) is 16.4. The first-order chi connectivity index (χ1) is 22.8. The molecule has 2 fully saturated rings. The van der Waals surface area contributed by atoms with Crippen LogP contribution in [0.3, 0.4) is 0 Å². The molecule has 0 bridgehead atoms. The van der Waals surface area contributed by atoms with Crippen LogP contribution in [0.2, 0.25) is 0 Å². The zero-order chi connectivity index (χ0) is 31.7. The van der Waals surface area contributed by atoms with Gasteiger partial charge in [0.25, 0.3) is 0 Å². The molecular formula is C44H66O2. The Morgan fingerprint density at radius 2 is 0.913 bits per heavy atom. The summed E-state index contributed by atoms with van der Waals surface area (Å²) in [5, 5.41) is 4.80. The average Bonchev–Trinajstić information content (AvgIpc) is 3.11. The van der Waals surface area contributed by atoms with E-state index in [-0.39, 0.29) is 0 Å². The smallest absolute Gasteiger partial charge is 0.135 e. The molecule has 2 aliphatic rings. The Kier molecular flexibility index (Phi) is 15.4. The predicted molar refractivity (Wildman–Crippen MR) is 200 cm³/mol. The molecule has 2 nitrogen and oxygen atoms in total. The minimum atomic E-state index is 0.789. The molecule has 2 aliphatic carbocycles. The summed E-state index contributed by atoms with van der Waals surface area (Å²) in [5.74, 6) is 4.16. The van der Waals surface area contributed by atoms with Crippen LogP contribution in [0, 0.1) is 11.8 Å². The van der Waals surface area contributed by atoms with Crippen LogP contribution < -0.4 is 9.47 Å². The van der Waals surface area contributed by atoms with Gasteiger partial charge in [-0.1, -0.05) is 185 Å². The van der Waals surface area contributed by atoms with E-state index in [1.165, 1.54) is 168 Å². The lowest BCUT2D eigenvalue weighted by Gasteiger charge is -2.21. The van der Waals surface area contributed by atoms with E-state index in [0.717, 1.165) is 55.8 Å². The van der Waals surface area contributed by atoms with Gasteiger partial charge in [0.05, 0.1) is 13.2 Å². The number of ether oxygens (including phenoxy) is 2. The number of fused-ring (bicyclic) bond motifs is 2. The van der Waals surface area contributed by atoms with Gasteiger partial charge in [-0.05, 0) is 42.7 Å². The third-order valence-electron chi connectivity index (χ3n) is 11.4. The van der Waals surface area contributed by atoms with Crippen LogP contribution in [-0.4, -0.2) is 13.2 Å². The highest BCUT2D eigenvalue weighted by Crippen LogP contribution is 2.43. The molecule has 0 spiro atoms. The van der Waals surface area contributed by atoms with Crippen molar-refractivity contribution in [1.29, 1.82) is 0 Å². The molecule has 0 unspecified atom stereocenters. The van der Waals surface area contributed by atoms with E-state index < -0.39 is 0 Å². The zero-order valence-corrected chi connectivity index (χ0v) is 29.6. The van der Waals surface area contributed by atoms with Crippen molar-refractivity contribution in [3.8, 4) is 11.5 Å². The second-order valence-corrected chi connectivity index (χ2v) is 15.0. The van der Waals surface area contributed by atoms with Crippen molar-refractivity contribution in [1.82, 2.24) is 0 Å². The van der Waals surface area contributed by atoms with Gasteiger partial charge < -0.3 is 9.47 Å². The molecule has 0 atom stereocenters. The van der Waals surface area contributed by atoms with Gasteiger partial charge in [-0.15, -0.1) is 0 Å². The lowest BCUT2D eigenvalue weighted by Crippen LogP contribution is -2.05. The highest BCUT2D eigenvalue weighted by Gasteiger charge is 2.17. The number of hydrogen-bond donors (Lipinski definition) is 0. The van der Waals surface area contributed by atoms with Gasteiger partial charge in [-0.3, -0.25) is 0 Å². The summed E-state index contributed by atoms with van der Waals surface area (Å²) in [6.07, 6.45) is 34.7. The molecule has 0 aliphatic heterocycles. The van der Waals surface area contributed by atoms with Gasteiger partial charge in [-0.25, -0.2) is 0 Å². The summed E-state index contributed by atoms with van der Waals surface area (Å²) in [6, 6.07) is 15.7. The maximum absolute atomic E-state index is 6.67. The standard InChI is InChI=1S/C44H66O2/c1-2-36-31-32-41-42(35-36)44(46-34-22-10-6-4-8-14-24-38-27-17-12-18-28-38)40-30-20-19-29-39(40)43(41)45-33-21-9-5-3-7-13-23-37-25-15-11-16-26-37/h19-20,29-32,35,37-38H,2-18,21-28,33-34H2,1H3.